The van der Waals surface area contributed by atoms with E-state index in [1.54, 1.807) is 6.07 Å². The molecule has 0 saturated heterocycles. The van der Waals surface area contributed by atoms with Gasteiger partial charge in [-0.05, 0) is 24.4 Å². The molecule has 0 aliphatic carbocycles. The number of hydrogen-bond acceptors (Lipinski definition) is 4. The van der Waals surface area contributed by atoms with Crippen LogP contribution in [0.25, 0.3) is 5.57 Å². The van der Waals surface area contributed by atoms with Gasteiger partial charge in [-0.3, -0.25) is 0 Å². The summed E-state index contributed by atoms with van der Waals surface area (Å²) in [6.07, 6.45) is 5.91. The molecule has 0 atom stereocenters. The number of nitrogens with zero attached hydrogens (tertiary/aromatic N) is 4. The van der Waals surface area contributed by atoms with Crippen molar-refractivity contribution < 1.29 is 0 Å². The highest BCUT2D eigenvalue weighted by molar-refractivity contribution is 5.71. The van der Waals surface area contributed by atoms with E-state index in [9.17, 15) is 0 Å². The minimum Gasteiger partial charge on any atom is -0.383 e. The van der Waals surface area contributed by atoms with Crippen molar-refractivity contribution in [1.29, 1.82) is 5.26 Å². The molecule has 1 aromatic heterocycles. The Hall–Kier alpha value is -2.28. The molecule has 0 radical (unpaired) electrons. The maximum Gasteiger partial charge on any atom is 0.141 e. The Labute approximate surface area is 108 Å². The predicted octanol–water partition coefficient (Wildman–Crippen LogP) is 1.93. The summed E-state index contributed by atoms with van der Waals surface area (Å²) in [6.45, 7) is 0. The fraction of sp³-hybridized carbons (Fsp3) is 0.286. The number of aromatic nitrogens is 1. The molecule has 4 nitrogen and oxygen atoms in total. The molecule has 0 spiro atoms. The summed E-state index contributed by atoms with van der Waals surface area (Å²) in [5, 5.41) is 8.88. The van der Waals surface area contributed by atoms with Crippen LogP contribution in [0.3, 0.4) is 0 Å². The van der Waals surface area contributed by atoms with Crippen LogP contribution < -0.4 is 0 Å². The zero-order valence-electron chi connectivity index (χ0n) is 11.3. The Kier molecular flexibility index (Phi) is 4.94. The Balaban J connectivity index is 3.14. The van der Waals surface area contributed by atoms with Gasteiger partial charge in [-0.25, -0.2) is 4.98 Å². The molecule has 94 valence electrons. The lowest BCUT2D eigenvalue weighted by Crippen LogP contribution is -2.04. The first kappa shape index (κ1) is 13.8. The number of allylic oxidation sites excluding steroid dienone is 2. The van der Waals surface area contributed by atoms with Crippen molar-refractivity contribution in [3.63, 3.8) is 0 Å². The van der Waals surface area contributed by atoms with Gasteiger partial charge >= 0.3 is 0 Å². The highest BCUT2D eigenvalue weighted by Crippen LogP contribution is 2.14. The van der Waals surface area contributed by atoms with Crippen LogP contribution in [0.1, 0.15) is 11.4 Å². The summed E-state index contributed by atoms with van der Waals surface area (Å²) in [5.41, 5.74) is 2.18. The molecule has 0 saturated carbocycles. The molecule has 0 bridgehead atoms. The van der Waals surface area contributed by atoms with E-state index in [2.05, 4.69) is 11.1 Å². The van der Waals surface area contributed by atoms with Crippen LogP contribution in [0.4, 0.5) is 0 Å². The zero-order chi connectivity index (χ0) is 13.5. The molecule has 0 N–H and O–H groups in total. The third-order valence-electron chi connectivity index (χ3n) is 2.11. The summed E-state index contributed by atoms with van der Waals surface area (Å²) >= 11 is 0. The Bertz CT molecular complexity index is 493. The highest BCUT2D eigenvalue weighted by Gasteiger charge is 2.02. The zero-order valence-corrected chi connectivity index (χ0v) is 11.3. The van der Waals surface area contributed by atoms with Crippen LogP contribution >= 0.6 is 0 Å². The van der Waals surface area contributed by atoms with Gasteiger partial charge in [0.1, 0.15) is 11.8 Å². The summed E-state index contributed by atoms with van der Waals surface area (Å²) in [7, 11) is 7.83. The maximum absolute atomic E-state index is 8.88. The third kappa shape index (κ3) is 4.30. The average molecular weight is 242 g/mol. The molecule has 1 aromatic rings. The van der Waals surface area contributed by atoms with E-state index in [1.807, 2.05) is 68.6 Å². The molecule has 1 rings (SSSR count). The normalized spacial score (nSPS) is 11.4. The third-order valence-corrected chi connectivity index (χ3v) is 2.11. The van der Waals surface area contributed by atoms with E-state index in [4.69, 9.17) is 5.26 Å². The highest BCUT2D eigenvalue weighted by atomic mass is 15.0. The van der Waals surface area contributed by atoms with Gasteiger partial charge in [0.15, 0.2) is 0 Å². The molecule has 0 amide bonds. The molecule has 0 unspecified atom stereocenters. The van der Waals surface area contributed by atoms with Crippen LogP contribution in [-0.2, 0) is 0 Å². The SMILES string of the molecule is CN(C)C=C/C(=C\N(C)C)c1cccc(C#N)n1. The summed E-state index contributed by atoms with van der Waals surface area (Å²) < 4.78 is 0. The Morgan fingerprint density at radius 1 is 1.22 bits per heavy atom. The van der Waals surface area contributed by atoms with Crippen LogP contribution in [0, 0.1) is 11.3 Å². The smallest absolute Gasteiger partial charge is 0.141 e. The molecule has 0 aliphatic rings. The predicted molar refractivity (Wildman–Crippen MR) is 73.4 cm³/mol. The summed E-state index contributed by atoms with van der Waals surface area (Å²) in [5.74, 6) is 0. The molecular formula is C14H18N4. The van der Waals surface area contributed by atoms with Gasteiger partial charge in [-0.15, -0.1) is 0 Å². The van der Waals surface area contributed by atoms with Crippen molar-refractivity contribution in [3.05, 3.63) is 48.1 Å². The van der Waals surface area contributed by atoms with E-state index in [0.29, 0.717) is 5.69 Å². The standard InChI is InChI=1S/C14H18N4/c1-17(2)9-8-12(11-18(3)4)14-7-5-6-13(10-15)16-14/h5-9,11H,1-4H3/b9-8?,12-11+. The van der Waals surface area contributed by atoms with Crippen molar-refractivity contribution in [2.45, 2.75) is 0 Å². The minimum absolute atomic E-state index is 0.426. The van der Waals surface area contributed by atoms with Crippen LogP contribution in [-0.4, -0.2) is 43.0 Å². The van der Waals surface area contributed by atoms with E-state index in [1.165, 1.54) is 0 Å². The van der Waals surface area contributed by atoms with Gasteiger partial charge in [0.05, 0.1) is 5.69 Å². The number of nitriles is 1. The second kappa shape index (κ2) is 6.45. The number of hydrogen-bond donors (Lipinski definition) is 0. The summed E-state index contributed by atoms with van der Waals surface area (Å²) in [6, 6.07) is 7.49. The lowest BCUT2D eigenvalue weighted by molar-refractivity contribution is 0.560. The largest absolute Gasteiger partial charge is 0.383 e. The topological polar surface area (TPSA) is 43.2 Å². The first-order valence-corrected chi connectivity index (χ1v) is 5.63. The van der Waals surface area contributed by atoms with Crippen molar-refractivity contribution in [1.82, 2.24) is 14.8 Å². The Morgan fingerprint density at radius 2 is 1.94 bits per heavy atom. The maximum atomic E-state index is 8.88. The first-order chi connectivity index (χ1) is 8.52. The van der Waals surface area contributed by atoms with Crippen molar-refractivity contribution in [3.8, 4) is 6.07 Å². The van der Waals surface area contributed by atoms with Gasteiger partial charge < -0.3 is 9.80 Å². The van der Waals surface area contributed by atoms with Gasteiger partial charge in [-0.2, -0.15) is 5.26 Å². The van der Waals surface area contributed by atoms with Crippen molar-refractivity contribution in [2.24, 2.45) is 0 Å². The van der Waals surface area contributed by atoms with Gasteiger partial charge in [-0.1, -0.05) is 6.07 Å². The molecule has 1 heterocycles. The Morgan fingerprint density at radius 3 is 2.50 bits per heavy atom. The number of rotatable bonds is 4. The molecule has 4 heteroatoms. The lowest BCUT2D eigenvalue weighted by atomic mass is 10.1. The molecular weight excluding hydrogens is 224 g/mol. The van der Waals surface area contributed by atoms with Gasteiger partial charge in [0.25, 0.3) is 0 Å². The van der Waals surface area contributed by atoms with Gasteiger partial charge in [0.2, 0.25) is 0 Å². The van der Waals surface area contributed by atoms with Gasteiger partial charge in [0, 0.05) is 40.0 Å². The van der Waals surface area contributed by atoms with Crippen LogP contribution in [0.2, 0.25) is 0 Å². The lowest BCUT2D eigenvalue weighted by Gasteiger charge is -2.10. The second-order valence-electron chi connectivity index (χ2n) is 4.35. The van der Waals surface area contributed by atoms with E-state index >= 15 is 0 Å². The van der Waals surface area contributed by atoms with Crippen molar-refractivity contribution in [2.75, 3.05) is 28.2 Å². The quantitative estimate of drug-likeness (QED) is 0.757. The van der Waals surface area contributed by atoms with E-state index < -0.39 is 0 Å². The molecule has 0 aromatic carbocycles. The molecule has 18 heavy (non-hydrogen) atoms. The molecule has 0 fully saturated rings. The monoisotopic (exact) mass is 242 g/mol. The van der Waals surface area contributed by atoms with Crippen LogP contribution in [0.5, 0.6) is 0 Å². The fourth-order valence-corrected chi connectivity index (χ4v) is 1.36. The first-order valence-electron chi connectivity index (χ1n) is 5.63. The van der Waals surface area contributed by atoms with E-state index in [0.717, 1.165) is 11.3 Å². The minimum atomic E-state index is 0.426. The molecule has 0 aliphatic heterocycles. The fourth-order valence-electron chi connectivity index (χ4n) is 1.36. The average Bonchev–Trinajstić information content (AvgIpc) is 2.34. The van der Waals surface area contributed by atoms with Crippen molar-refractivity contribution >= 4 is 5.57 Å². The number of pyridine rings is 1. The second-order valence-corrected chi connectivity index (χ2v) is 4.35. The van der Waals surface area contributed by atoms with Crippen LogP contribution in [0.15, 0.2) is 36.7 Å². The summed E-state index contributed by atoms with van der Waals surface area (Å²) in [4.78, 5) is 8.21. The van der Waals surface area contributed by atoms with E-state index in [-0.39, 0.29) is 0 Å².